The van der Waals surface area contributed by atoms with E-state index in [4.69, 9.17) is 5.11 Å². The van der Waals surface area contributed by atoms with Gasteiger partial charge >= 0.3 is 12.0 Å². The van der Waals surface area contributed by atoms with Crippen molar-refractivity contribution in [2.75, 3.05) is 18.1 Å². The second-order valence-electron chi connectivity index (χ2n) is 5.11. The Labute approximate surface area is 123 Å². The lowest BCUT2D eigenvalue weighted by molar-refractivity contribution is -0.137. The number of hydrogen-bond acceptors (Lipinski definition) is 5. The molecule has 1 saturated heterocycles. The van der Waals surface area contributed by atoms with Crippen LogP contribution in [0.5, 0.6) is 0 Å². The highest BCUT2D eigenvalue weighted by Gasteiger charge is 2.31. The van der Waals surface area contributed by atoms with Crippen molar-refractivity contribution in [1.82, 2.24) is 10.2 Å². The summed E-state index contributed by atoms with van der Waals surface area (Å²) in [5.74, 6) is -1.61. The maximum absolute atomic E-state index is 11.9. The van der Waals surface area contributed by atoms with Crippen LogP contribution in [-0.4, -0.2) is 60.4 Å². The molecule has 0 aromatic rings. The van der Waals surface area contributed by atoms with E-state index < -0.39 is 33.8 Å². The number of carbonyl (C=O) groups is 3. The first-order valence-electron chi connectivity index (χ1n) is 6.74. The van der Waals surface area contributed by atoms with Crippen LogP contribution in [0.25, 0.3) is 0 Å². The van der Waals surface area contributed by atoms with Gasteiger partial charge in [0.25, 0.3) is 0 Å². The Morgan fingerprint density at radius 2 is 1.86 bits per heavy atom. The van der Waals surface area contributed by atoms with E-state index in [9.17, 15) is 22.8 Å². The fourth-order valence-electron chi connectivity index (χ4n) is 2.12. The van der Waals surface area contributed by atoms with Gasteiger partial charge in [-0.05, 0) is 19.8 Å². The molecule has 1 rings (SSSR count). The predicted octanol–water partition coefficient (Wildman–Crippen LogP) is -0.0135. The molecule has 0 aromatic carbocycles. The van der Waals surface area contributed by atoms with Crippen molar-refractivity contribution in [3.05, 3.63) is 0 Å². The number of rotatable bonds is 5. The van der Waals surface area contributed by atoms with Gasteiger partial charge in [0, 0.05) is 25.4 Å². The topological polar surface area (TPSA) is 121 Å². The van der Waals surface area contributed by atoms with Crippen molar-refractivity contribution in [3.8, 4) is 0 Å². The standard InChI is InChI=1S/C12H20N2O6S/c1-9-8-21(19,20)7-6-14(9)12(18)13-10(15)4-2-3-5-11(16)17/h9H,2-8H2,1H3,(H,16,17)(H,13,15,18). The number of aliphatic carboxylic acids is 1. The van der Waals surface area contributed by atoms with Gasteiger partial charge in [-0.2, -0.15) is 0 Å². The van der Waals surface area contributed by atoms with Gasteiger partial charge in [-0.25, -0.2) is 13.2 Å². The van der Waals surface area contributed by atoms with Crippen molar-refractivity contribution in [2.45, 2.75) is 38.6 Å². The average Bonchev–Trinajstić information content (AvgIpc) is 2.33. The van der Waals surface area contributed by atoms with E-state index in [0.29, 0.717) is 12.8 Å². The largest absolute Gasteiger partial charge is 0.481 e. The smallest absolute Gasteiger partial charge is 0.324 e. The van der Waals surface area contributed by atoms with Crippen molar-refractivity contribution < 1.29 is 27.9 Å². The van der Waals surface area contributed by atoms with Crippen LogP contribution in [0.2, 0.25) is 0 Å². The number of sulfone groups is 1. The third-order valence-electron chi connectivity index (χ3n) is 3.22. The molecule has 0 saturated carbocycles. The number of unbranched alkanes of at least 4 members (excludes halogenated alkanes) is 1. The van der Waals surface area contributed by atoms with Gasteiger partial charge in [0.2, 0.25) is 5.91 Å². The zero-order valence-corrected chi connectivity index (χ0v) is 12.7. The number of nitrogens with zero attached hydrogens (tertiary/aromatic N) is 1. The molecule has 1 heterocycles. The lowest BCUT2D eigenvalue weighted by Crippen LogP contribution is -2.54. The Kier molecular flexibility index (Phi) is 6.13. The molecule has 1 aliphatic heterocycles. The number of amides is 3. The molecule has 1 fully saturated rings. The van der Waals surface area contributed by atoms with Crippen LogP contribution >= 0.6 is 0 Å². The predicted molar refractivity (Wildman–Crippen MR) is 74.5 cm³/mol. The molecular formula is C12H20N2O6S. The van der Waals surface area contributed by atoms with E-state index in [1.165, 1.54) is 4.90 Å². The number of imide groups is 1. The molecule has 0 aromatic heterocycles. The highest BCUT2D eigenvalue weighted by atomic mass is 32.2. The monoisotopic (exact) mass is 320 g/mol. The molecule has 9 heteroatoms. The summed E-state index contributed by atoms with van der Waals surface area (Å²) in [6.07, 6.45) is 0.812. The fourth-order valence-corrected chi connectivity index (χ4v) is 3.67. The van der Waals surface area contributed by atoms with Gasteiger partial charge in [0.1, 0.15) is 0 Å². The zero-order chi connectivity index (χ0) is 16.0. The molecule has 0 bridgehead atoms. The van der Waals surface area contributed by atoms with Gasteiger partial charge in [0.15, 0.2) is 9.84 Å². The van der Waals surface area contributed by atoms with Crippen LogP contribution in [-0.2, 0) is 19.4 Å². The van der Waals surface area contributed by atoms with Crippen LogP contribution in [0.3, 0.4) is 0 Å². The zero-order valence-electron chi connectivity index (χ0n) is 11.9. The minimum Gasteiger partial charge on any atom is -0.481 e. The quantitative estimate of drug-likeness (QED) is 0.687. The van der Waals surface area contributed by atoms with Gasteiger partial charge in [-0.15, -0.1) is 0 Å². The minimum atomic E-state index is -3.11. The average molecular weight is 320 g/mol. The molecule has 0 spiro atoms. The second-order valence-corrected chi connectivity index (χ2v) is 7.34. The molecule has 21 heavy (non-hydrogen) atoms. The summed E-state index contributed by atoms with van der Waals surface area (Å²) in [4.78, 5) is 35.1. The Bertz CT molecular complexity index is 516. The van der Waals surface area contributed by atoms with Gasteiger partial charge in [0.05, 0.1) is 11.5 Å². The highest BCUT2D eigenvalue weighted by molar-refractivity contribution is 7.91. The Morgan fingerprint density at radius 3 is 2.43 bits per heavy atom. The van der Waals surface area contributed by atoms with E-state index in [2.05, 4.69) is 5.32 Å². The van der Waals surface area contributed by atoms with Gasteiger partial charge < -0.3 is 10.0 Å². The molecule has 8 nitrogen and oxygen atoms in total. The first-order valence-corrected chi connectivity index (χ1v) is 8.56. The fraction of sp³-hybridized carbons (Fsp3) is 0.750. The summed E-state index contributed by atoms with van der Waals surface area (Å²) in [5.41, 5.74) is 0. The summed E-state index contributed by atoms with van der Waals surface area (Å²) >= 11 is 0. The molecule has 0 aliphatic carbocycles. The minimum absolute atomic E-state index is 0.0117. The number of hydrogen-bond donors (Lipinski definition) is 2. The Hall–Kier alpha value is -1.64. The summed E-state index contributed by atoms with van der Waals surface area (Å²) in [6, 6.07) is -1.07. The van der Waals surface area contributed by atoms with Crippen LogP contribution < -0.4 is 5.32 Å². The Morgan fingerprint density at radius 1 is 1.24 bits per heavy atom. The highest BCUT2D eigenvalue weighted by Crippen LogP contribution is 2.11. The van der Waals surface area contributed by atoms with Crippen LogP contribution in [0.1, 0.15) is 32.6 Å². The Balaban J connectivity index is 2.36. The summed E-state index contributed by atoms with van der Waals surface area (Å²) in [7, 11) is -3.11. The molecule has 1 aliphatic rings. The number of carboxylic acid groups (broad SMARTS) is 1. The number of urea groups is 1. The molecule has 1 unspecified atom stereocenters. The van der Waals surface area contributed by atoms with Crippen molar-refractivity contribution in [3.63, 3.8) is 0 Å². The third-order valence-corrected chi connectivity index (χ3v) is 5.02. The van der Waals surface area contributed by atoms with E-state index in [-0.39, 0.29) is 30.9 Å². The van der Waals surface area contributed by atoms with E-state index in [1.807, 2.05) is 0 Å². The third kappa shape index (κ3) is 6.11. The molecule has 1 atom stereocenters. The maximum Gasteiger partial charge on any atom is 0.324 e. The molecule has 0 radical (unpaired) electrons. The number of carbonyl (C=O) groups excluding carboxylic acids is 2. The summed E-state index contributed by atoms with van der Waals surface area (Å²) in [5, 5.41) is 10.7. The number of nitrogens with one attached hydrogen (secondary N) is 1. The van der Waals surface area contributed by atoms with Crippen molar-refractivity contribution in [1.29, 1.82) is 0 Å². The molecule has 2 N–H and O–H groups in total. The molecule has 3 amide bonds. The summed E-state index contributed by atoms with van der Waals surface area (Å²) in [6.45, 7) is 1.69. The van der Waals surface area contributed by atoms with E-state index >= 15 is 0 Å². The van der Waals surface area contributed by atoms with Crippen molar-refractivity contribution in [2.24, 2.45) is 0 Å². The van der Waals surface area contributed by atoms with Crippen molar-refractivity contribution >= 4 is 27.7 Å². The molecule has 120 valence electrons. The normalized spacial score (nSPS) is 20.8. The van der Waals surface area contributed by atoms with E-state index in [1.54, 1.807) is 6.92 Å². The SMILES string of the molecule is CC1CS(=O)(=O)CCN1C(=O)NC(=O)CCCCC(=O)O. The lowest BCUT2D eigenvalue weighted by atomic mass is 10.2. The van der Waals surface area contributed by atoms with Crippen LogP contribution in [0, 0.1) is 0 Å². The van der Waals surface area contributed by atoms with E-state index in [0.717, 1.165) is 0 Å². The first-order chi connectivity index (χ1) is 9.71. The van der Waals surface area contributed by atoms with Gasteiger partial charge in [-0.3, -0.25) is 14.9 Å². The van der Waals surface area contributed by atoms with Gasteiger partial charge in [-0.1, -0.05) is 0 Å². The van der Waals surface area contributed by atoms with Crippen LogP contribution in [0.4, 0.5) is 4.79 Å². The number of carboxylic acids is 1. The van der Waals surface area contributed by atoms with Crippen LogP contribution in [0.15, 0.2) is 0 Å². The molecular weight excluding hydrogens is 300 g/mol. The maximum atomic E-state index is 11.9. The summed E-state index contributed by atoms with van der Waals surface area (Å²) < 4.78 is 22.8. The second kappa shape index (κ2) is 7.39. The lowest BCUT2D eigenvalue weighted by Gasteiger charge is -2.32. The first kappa shape index (κ1) is 17.4.